The van der Waals surface area contributed by atoms with Crippen LogP contribution in [0.5, 0.6) is 11.5 Å². The highest BCUT2D eigenvalue weighted by Crippen LogP contribution is 2.36. The predicted octanol–water partition coefficient (Wildman–Crippen LogP) is 0.990. The summed E-state index contributed by atoms with van der Waals surface area (Å²) in [4.78, 5) is 38.9. The molecule has 1 fully saturated rings. The molecule has 1 aromatic carbocycles. The van der Waals surface area contributed by atoms with Crippen molar-refractivity contribution < 1.29 is 29.0 Å². The molecule has 140 valence electrons. The zero-order valence-corrected chi connectivity index (χ0v) is 14.8. The maximum absolute atomic E-state index is 12.6. The van der Waals surface area contributed by atoms with Crippen LogP contribution in [-0.4, -0.2) is 61.1 Å². The van der Waals surface area contributed by atoms with Crippen LogP contribution < -0.4 is 14.4 Å². The summed E-state index contributed by atoms with van der Waals surface area (Å²) in [5.74, 6) is -1.22. The van der Waals surface area contributed by atoms with Gasteiger partial charge in [0.25, 0.3) is 0 Å². The Morgan fingerprint density at radius 3 is 2.69 bits per heavy atom. The number of benzene rings is 1. The Kier molecular flexibility index (Phi) is 5.01. The van der Waals surface area contributed by atoms with Gasteiger partial charge in [-0.25, -0.2) is 0 Å². The van der Waals surface area contributed by atoms with Gasteiger partial charge in [0.05, 0.1) is 11.8 Å². The smallest absolute Gasteiger partial charge is 0.308 e. The maximum atomic E-state index is 12.6. The number of carboxylic acid groups (broad SMARTS) is 1. The first kappa shape index (κ1) is 18.0. The molecule has 2 atom stereocenters. The van der Waals surface area contributed by atoms with Crippen molar-refractivity contribution in [3.05, 3.63) is 18.2 Å². The zero-order valence-electron chi connectivity index (χ0n) is 14.8. The molecule has 2 heterocycles. The number of aliphatic carboxylic acids is 1. The van der Waals surface area contributed by atoms with E-state index in [9.17, 15) is 14.4 Å². The van der Waals surface area contributed by atoms with Crippen molar-refractivity contribution in [3.63, 3.8) is 0 Å². The molecule has 1 aromatic rings. The van der Waals surface area contributed by atoms with Crippen molar-refractivity contribution in [1.29, 1.82) is 0 Å². The van der Waals surface area contributed by atoms with Crippen molar-refractivity contribution in [2.75, 3.05) is 38.3 Å². The molecule has 1 N–H and O–H groups in total. The van der Waals surface area contributed by atoms with Gasteiger partial charge in [-0.3, -0.25) is 14.4 Å². The van der Waals surface area contributed by atoms with E-state index in [4.69, 9.17) is 14.6 Å². The minimum atomic E-state index is -0.954. The van der Waals surface area contributed by atoms with Crippen molar-refractivity contribution in [2.24, 2.45) is 11.8 Å². The highest BCUT2D eigenvalue weighted by Gasteiger charge is 2.37. The van der Waals surface area contributed by atoms with E-state index < -0.39 is 17.8 Å². The lowest BCUT2D eigenvalue weighted by molar-refractivity contribution is -0.143. The van der Waals surface area contributed by atoms with Gasteiger partial charge in [-0.1, -0.05) is 6.92 Å². The van der Waals surface area contributed by atoms with Crippen LogP contribution in [-0.2, 0) is 14.4 Å². The van der Waals surface area contributed by atoms with E-state index in [-0.39, 0.29) is 31.3 Å². The van der Waals surface area contributed by atoms with Crippen LogP contribution in [0, 0.1) is 11.8 Å². The molecule has 2 aliphatic rings. The lowest BCUT2D eigenvalue weighted by Gasteiger charge is -2.24. The molecule has 2 unspecified atom stereocenters. The van der Waals surface area contributed by atoms with Crippen molar-refractivity contribution in [3.8, 4) is 11.5 Å². The number of ether oxygens (including phenoxy) is 2. The summed E-state index contributed by atoms with van der Waals surface area (Å²) in [7, 11) is 1.57. The largest absolute Gasteiger partial charge is 0.486 e. The van der Waals surface area contributed by atoms with Gasteiger partial charge in [0.1, 0.15) is 13.2 Å². The fraction of sp³-hybridized carbons (Fsp3) is 0.500. The molecule has 26 heavy (non-hydrogen) atoms. The van der Waals surface area contributed by atoms with Crippen LogP contribution in [0.4, 0.5) is 5.69 Å². The highest BCUT2D eigenvalue weighted by molar-refractivity contribution is 6.00. The van der Waals surface area contributed by atoms with Gasteiger partial charge in [-0.15, -0.1) is 0 Å². The molecular formula is C18H22N2O6. The van der Waals surface area contributed by atoms with Crippen LogP contribution >= 0.6 is 0 Å². The normalized spacial score (nSPS) is 20.0. The van der Waals surface area contributed by atoms with Gasteiger partial charge < -0.3 is 24.4 Å². The van der Waals surface area contributed by atoms with Gasteiger partial charge in [0, 0.05) is 38.3 Å². The summed E-state index contributed by atoms with van der Waals surface area (Å²) in [6, 6.07) is 5.27. The van der Waals surface area contributed by atoms with E-state index in [0.717, 1.165) is 0 Å². The molecule has 0 saturated carbocycles. The minimum Gasteiger partial charge on any atom is -0.486 e. The lowest BCUT2D eigenvalue weighted by atomic mass is 10.1. The Bertz CT molecular complexity index is 734. The van der Waals surface area contributed by atoms with Crippen molar-refractivity contribution >= 4 is 23.5 Å². The average molecular weight is 362 g/mol. The number of nitrogens with zero attached hydrogens (tertiary/aromatic N) is 2. The zero-order chi connectivity index (χ0) is 18.8. The Morgan fingerprint density at radius 1 is 1.31 bits per heavy atom. The third kappa shape index (κ3) is 3.58. The summed E-state index contributed by atoms with van der Waals surface area (Å²) in [6.07, 6.45) is 0.110. The molecule has 0 aromatic heterocycles. The van der Waals surface area contributed by atoms with Gasteiger partial charge >= 0.3 is 5.97 Å². The third-order valence-corrected chi connectivity index (χ3v) is 4.66. The van der Waals surface area contributed by atoms with Crippen molar-refractivity contribution in [1.82, 2.24) is 4.90 Å². The molecule has 8 nitrogen and oxygen atoms in total. The second-order valence-corrected chi connectivity index (χ2v) is 6.69. The maximum Gasteiger partial charge on any atom is 0.308 e. The number of carbonyl (C=O) groups excluding carboxylic acids is 2. The second kappa shape index (κ2) is 7.23. The first-order chi connectivity index (χ1) is 12.4. The summed E-state index contributed by atoms with van der Waals surface area (Å²) < 4.78 is 11.0. The number of carboxylic acids is 1. The number of hydrogen-bond donors (Lipinski definition) is 1. The fourth-order valence-electron chi connectivity index (χ4n) is 3.21. The number of rotatable bonds is 5. The summed E-state index contributed by atoms with van der Waals surface area (Å²) in [6.45, 7) is 2.88. The average Bonchev–Trinajstić information content (AvgIpc) is 3.02. The highest BCUT2D eigenvalue weighted by atomic mass is 16.6. The van der Waals surface area contributed by atoms with Crippen molar-refractivity contribution in [2.45, 2.75) is 13.3 Å². The molecule has 0 spiro atoms. The number of anilines is 1. The quantitative estimate of drug-likeness (QED) is 0.839. The van der Waals surface area contributed by atoms with E-state index in [1.807, 2.05) is 0 Å². The topological polar surface area (TPSA) is 96.4 Å². The monoisotopic (exact) mass is 362 g/mol. The number of fused-ring (bicyclic) bond motifs is 1. The number of hydrogen-bond acceptors (Lipinski definition) is 5. The molecule has 1 saturated heterocycles. The SMILES string of the molecule is CC(CN(C)C(=O)C1CC(=O)N(c2ccc3c(c2)OCCO3)C1)C(=O)O. The molecular weight excluding hydrogens is 340 g/mol. The molecule has 0 bridgehead atoms. The summed E-state index contributed by atoms with van der Waals surface area (Å²) in [5, 5.41) is 8.99. The lowest BCUT2D eigenvalue weighted by Crippen LogP contribution is -2.38. The first-order valence-corrected chi connectivity index (χ1v) is 8.54. The van der Waals surface area contributed by atoms with E-state index in [0.29, 0.717) is 30.4 Å². The number of amides is 2. The molecule has 8 heteroatoms. The Labute approximate surface area is 151 Å². The summed E-state index contributed by atoms with van der Waals surface area (Å²) in [5.41, 5.74) is 0.663. The Morgan fingerprint density at radius 2 is 2.00 bits per heavy atom. The molecule has 2 amide bonds. The number of carbonyl (C=O) groups is 3. The first-order valence-electron chi connectivity index (χ1n) is 8.54. The van der Waals surface area contributed by atoms with Crippen LogP contribution in [0.1, 0.15) is 13.3 Å². The third-order valence-electron chi connectivity index (χ3n) is 4.66. The van der Waals surface area contributed by atoms with Crippen LogP contribution in [0.2, 0.25) is 0 Å². The minimum absolute atomic E-state index is 0.110. The van der Waals surface area contributed by atoms with Gasteiger partial charge in [0.2, 0.25) is 11.8 Å². The Balaban J connectivity index is 1.68. The molecule has 0 radical (unpaired) electrons. The van der Waals surface area contributed by atoms with E-state index >= 15 is 0 Å². The fourth-order valence-corrected chi connectivity index (χ4v) is 3.21. The molecule has 2 aliphatic heterocycles. The van der Waals surface area contributed by atoms with E-state index in [1.54, 1.807) is 37.1 Å². The standard InChI is InChI=1S/C18H22N2O6/c1-11(18(23)24)9-19(2)17(22)12-7-16(21)20(10-12)13-3-4-14-15(8-13)26-6-5-25-14/h3-4,8,11-12H,5-7,9-10H2,1-2H3,(H,23,24). The second-order valence-electron chi connectivity index (χ2n) is 6.69. The van der Waals surface area contributed by atoms with Crippen LogP contribution in [0.25, 0.3) is 0 Å². The van der Waals surface area contributed by atoms with Gasteiger partial charge in [0.15, 0.2) is 11.5 Å². The molecule has 0 aliphatic carbocycles. The van der Waals surface area contributed by atoms with Gasteiger partial charge in [-0.05, 0) is 12.1 Å². The molecule has 3 rings (SSSR count). The van der Waals surface area contributed by atoms with Crippen LogP contribution in [0.15, 0.2) is 18.2 Å². The summed E-state index contributed by atoms with van der Waals surface area (Å²) >= 11 is 0. The van der Waals surface area contributed by atoms with E-state index in [2.05, 4.69) is 0 Å². The van der Waals surface area contributed by atoms with Crippen LogP contribution in [0.3, 0.4) is 0 Å². The van der Waals surface area contributed by atoms with Gasteiger partial charge in [-0.2, -0.15) is 0 Å². The van der Waals surface area contributed by atoms with E-state index in [1.165, 1.54) is 4.90 Å². The predicted molar refractivity (Wildman–Crippen MR) is 92.3 cm³/mol. The Hall–Kier alpha value is -2.77.